The number of anilines is 1. The number of carboxylic acid groups (broad SMARTS) is 1. The normalized spacial score (nSPS) is 10.1. The van der Waals surface area contributed by atoms with Crippen LogP contribution in [0, 0.1) is 0 Å². The fraction of sp³-hybridized carbons (Fsp3) is 0.111. The summed E-state index contributed by atoms with van der Waals surface area (Å²) >= 11 is 11.5. The van der Waals surface area contributed by atoms with Crippen LogP contribution < -0.4 is 5.73 Å². The number of carbonyl (C=O) groups is 2. The van der Waals surface area contributed by atoms with Crippen LogP contribution in [0.3, 0.4) is 0 Å². The standard InChI is InChI=1S/C9H7Cl2NO3/c1-3(13)6-7(10)4(9(14)15)2-5(12)8(6)11/h2H,12H2,1H3,(H,14,15). The third kappa shape index (κ3) is 2.06. The Labute approximate surface area is 95.6 Å². The first-order chi connectivity index (χ1) is 6.86. The summed E-state index contributed by atoms with van der Waals surface area (Å²) in [6, 6.07) is 1.12. The lowest BCUT2D eigenvalue weighted by molar-refractivity contribution is 0.0697. The van der Waals surface area contributed by atoms with Gasteiger partial charge in [0.05, 0.1) is 26.9 Å². The van der Waals surface area contributed by atoms with Gasteiger partial charge in [0.1, 0.15) is 0 Å². The maximum absolute atomic E-state index is 11.2. The number of carbonyl (C=O) groups excluding carboxylic acids is 1. The molecule has 0 aliphatic carbocycles. The zero-order chi connectivity index (χ0) is 11.7. The molecule has 0 atom stereocenters. The van der Waals surface area contributed by atoms with Crippen molar-refractivity contribution in [1.29, 1.82) is 0 Å². The van der Waals surface area contributed by atoms with Gasteiger partial charge in [0.15, 0.2) is 5.78 Å². The van der Waals surface area contributed by atoms with Crippen LogP contribution in [0.4, 0.5) is 5.69 Å². The average Bonchev–Trinajstić information content (AvgIpc) is 2.10. The first-order valence-electron chi connectivity index (χ1n) is 3.88. The molecule has 0 bridgehead atoms. The van der Waals surface area contributed by atoms with E-state index in [1.54, 1.807) is 0 Å². The summed E-state index contributed by atoms with van der Waals surface area (Å²) in [5.41, 5.74) is 5.18. The number of nitrogens with two attached hydrogens (primary N) is 1. The fourth-order valence-corrected chi connectivity index (χ4v) is 1.82. The molecular formula is C9H7Cl2NO3. The van der Waals surface area contributed by atoms with Gasteiger partial charge in [0, 0.05) is 0 Å². The van der Waals surface area contributed by atoms with Crippen LogP contribution in [0.25, 0.3) is 0 Å². The molecular weight excluding hydrogens is 241 g/mol. The maximum atomic E-state index is 11.2. The molecule has 0 amide bonds. The van der Waals surface area contributed by atoms with Crippen molar-refractivity contribution in [1.82, 2.24) is 0 Å². The molecule has 0 unspecified atom stereocenters. The number of ketones is 1. The van der Waals surface area contributed by atoms with E-state index in [0.29, 0.717) is 0 Å². The molecule has 3 N–H and O–H groups in total. The third-order valence-electron chi connectivity index (χ3n) is 1.81. The second kappa shape index (κ2) is 4.08. The molecule has 0 saturated heterocycles. The lowest BCUT2D eigenvalue weighted by Gasteiger charge is -2.08. The largest absolute Gasteiger partial charge is 0.478 e. The van der Waals surface area contributed by atoms with Crippen LogP contribution in [0.15, 0.2) is 6.07 Å². The molecule has 80 valence electrons. The van der Waals surface area contributed by atoms with Crippen molar-refractivity contribution in [3.8, 4) is 0 Å². The van der Waals surface area contributed by atoms with E-state index in [2.05, 4.69) is 0 Å². The van der Waals surface area contributed by atoms with Gasteiger partial charge in [-0.15, -0.1) is 0 Å². The summed E-state index contributed by atoms with van der Waals surface area (Å²) in [5, 5.41) is 8.59. The minimum atomic E-state index is -1.26. The highest BCUT2D eigenvalue weighted by atomic mass is 35.5. The van der Waals surface area contributed by atoms with E-state index in [1.807, 2.05) is 0 Å². The molecule has 0 spiro atoms. The number of rotatable bonds is 2. The topological polar surface area (TPSA) is 80.4 Å². The molecule has 4 nitrogen and oxygen atoms in total. The van der Waals surface area contributed by atoms with E-state index in [9.17, 15) is 9.59 Å². The summed E-state index contributed by atoms with van der Waals surface area (Å²) < 4.78 is 0. The number of hydrogen-bond acceptors (Lipinski definition) is 3. The molecule has 0 aliphatic rings. The van der Waals surface area contributed by atoms with Crippen LogP contribution in [-0.4, -0.2) is 16.9 Å². The highest BCUT2D eigenvalue weighted by Crippen LogP contribution is 2.33. The smallest absolute Gasteiger partial charge is 0.337 e. The minimum absolute atomic E-state index is 0.0162. The van der Waals surface area contributed by atoms with Crippen LogP contribution in [0.1, 0.15) is 27.6 Å². The van der Waals surface area contributed by atoms with Crippen molar-refractivity contribution in [3.05, 3.63) is 27.2 Å². The fourth-order valence-electron chi connectivity index (χ4n) is 1.12. The van der Waals surface area contributed by atoms with Crippen molar-refractivity contribution in [3.63, 3.8) is 0 Å². The Balaban J connectivity index is 3.63. The summed E-state index contributed by atoms with van der Waals surface area (Å²) in [4.78, 5) is 22.0. The minimum Gasteiger partial charge on any atom is -0.478 e. The molecule has 0 fully saturated rings. The van der Waals surface area contributed by atoms with Gasteiger partial charge in [-0.05, 0) is 13.0 Å². The quantitative estimate of drug-likeness (QED) is 0.622. The molecule has 1 aromatic rings. The van der Waals surface area contributed by atoms with E-state index in [-0.39, 0.29) is 26.9 Å². The molecule has 0 radical (unpaired) electrons. The van der Waals surface area contributed by atoms with Gasteiger partial charge in [0.25, 0.3) is 0 Å². The molecule has 0 heterocycles. The number of aromatic carboxylic acids is 1. The number of hydrogen-bond donors (Lipinski definition) is 2. The van der Waals surface area contributed by atoms with Crippen molar-refractivity contribution in [2.24, 2.45) is 0 Å². The monoisotopic (exact) mass is 247 g/mol. The number of halogens is 2. The van der Waals surface area contributed by atoms with Crippen molar-refractivity contribution < 1.29 is 14.7 Å². The SMILES string of the molecule is CC(=O)c1c(Cl)c(N)cc(C(=O)O)c1Cl. The first kappa shape index (κ1) is 11.8. The molecule has 0 aromatic heterocycles. The van der Waals surface area contributed by atoms with E-state index in [0.717, 1.165) is 6.07 Å². The highest BCUT2D eigenvalue weighted by Gasteiger charge is 2.20. The second-order valence-electron chi connectivity index (χ2n) is 2.88. The number of Topliss-reactive ketones (excluding diaryl/α,β-unsaturated/α-hetero) is 1. The maximum Gasteiger partial charge on any atom is 0.337 e. The summed E-state index contributed by atoms with van der Waals surface area (Å²) in [7, 11) is 0. The van der Waals surface area contributed by atoms with Crippen molar-refractivity contribution in [2.45, 2.75) is 6.92 Å². The van der Waals surface area contributed by atoms with E-state index >= 15 is 0 Å². The van der Waals surface area contributed by atoms with Gasteiger partial charge in [-0.2, -0.15) is 0 Å². The van der Waals surface area contributed by atoms with Gasteiger partial charge >= 0.3 is 5.97 Å². The Morgan fingerprint density at radius 2 is 1.87 bits per heavy atom. The average molecular weight is 248 g/mol. The van der Waals surface area contributed by atoms with Gasteiger partial charge < -0.3 is 10.8 Å². The van der Waals surface area contributed by atoms with Crippen LogP contribution in [-0.2, 0) is 0 Å². The zero-order valence-corrected chi connectivity index (χ0v) is 9.19. The number of carboxylic acids is 1. The summed E-state index contributed by atoms with van der Waals surface area (Å²) in [6.45, 7) is 1.23. The van der Waals surface area contributed by atoms with E-state index < -0.39 is 11.8 Å². The Morgan fingerprint density at radius 1 is 1.33 bits per heavy atom. The van der Waals surface area contributed by atoms with E-state index in [4.69, 9.17) is 34.0 Å². The van der Waals surface area contributed by atoms with Crippen molar-refractivity contribution >= 4 is 40.6 Å². The van der Waals surface area contributed by atoms with Crippen LogP contribution in [0.2, 0.25) is 10.0 Å². The van der Waals surface area contributed by atoms with Gasteiger partial charge in [-0.1, -0.05) is 23.2 Å². The Bertz CT molecular complexity index is 457. The number of nitrogen functional groups attached to an aromatic ring is 1. The molecule has 0 saturated carbocycles. The van der Waals surface area contributed by atoms with Gasteiger partial charge in [0.2, 0.25) is 0 Å². The van der Waals surface area contributed by atoms with Gasteiger partial charge in [-0.3, -0.25) is 4.79 Å². The zero-order valence-electron chi connectivity index (χ0n) is 7.67. The Morgan fingerprint density at radius 3 is 2.27 bits per heavy atom. The number of benzene rings is 1. The lowest BCUT2D eigenvalue weighted by atomic mass is 10.1. The summed E-state index contributed by atoms with van der Waals surface area (Å²) in [6.07, 6.45) is 0. The molecule has 15 heavy (non-hydrogen) atoms. The highest BCUT2D eigenvalue weighted by molar-refractivity contribution is 6.42. The molecule has 6 heteroatoms. The van der Waals surface area contributed by atoms with E-state index in [1.165, 1.54) is 6.92 Å². The van der Waals surface area contributed by atoms with Crippen molar-refractivity contribution in [2.75, 3.05) is 5.73 Å². The van der Waals surface area contributed by atoms with Gasteiger partial charge in [-0.25, -0.2) is 4.79 Å². The second-order valence-corrected chi connectivity index (χ2v) is 3.63. The molecule has 1 aromatic carbocycles. The summed E-state index contributed by atoms with van der Waals surface area (Å²) in [5.74, 6) is -1.69. The Hall–Kier alpha value is -1.26. The predicted molar refractivity (Wildman–Crippen MR) is 57.8 cm³/mol. The van der Waals surface area contributed by atoms with Crippen LogP contribution in [0.5, 0.6) is 0 Å². The predicted octanol–water partition coefficient (Wildman–Crippen LogP) is 2.48. The Kier molecular flexibility index (Phi) is 3.21. The third-order valence-corrected chi connectivity index (χ3v) is 2.61. The molecule has 1 rings (SSSR count). The lowest BCUT2D eigenvalue weighted by Crippen LogP contribution is -2.06. The molecule has 0 aliphatic heterocycles. The van der Waals surface area contributed by atoms with Crippen LogP contribution >= 0.6 is 23.2 Å². The first-order valence-corrected chi connectivity index (χ1v) is 4.63.